The van der Waals surface area contributed by atoms with Gasteiger partial charge in [-0.05, 0) is 64.7 Å². The van der Waals surface area contributed by atoms with Crippen LogP contribution < -0.4 is 0 Å². The highest BCUT2D eigenvalue weighted by atomic mass is 16.3. The Labute approximate surface area is 125 Å². The lowest BCUT2D eigenvalue weighted by molar-refractivity contribution is 0.114. The van der Waals surface area contributed by atoms with E-state index >= 15 is 0 Å². The maximum Gasteiger partial charge on any atom is 0.0834 e. The van der Waals surface area contributed by atoms with Gasteiger partial charge in [-0.25, -0.2) is 0 Å². The maximum atomic E-state index is 10.5. The van der Waals surface area contributed by atoms with Crippen LogP contribution in [-0.2, 0) is 0 Å². The van der Waals surface area contributed by atoms with Crippen molar-refractivity contribution in [3.05, 3.63) is 35.5 Å². The average Bonchev–Trinajstić information content (AvgIpc) is 2.36. The van der Waals surface area contributed by atoms with Crippen LogP contribution in [0.2, 0.25) is 0 Å². The molecule has 0 bridgehead atoms. The minimum Gasteiger partial charge on any atom is -0.386 e. The summed E-state index contributed by atoms with van der Waals surface area (Å²) in [6.45, 7) is 10.9. The molecule has 0 spiro atoms. The van der Waals surface area contributed by atoms with Crippen LogP contribution in [0.15, 0.2) is 35.5 Å². The highest BCUT2D eigenvalue weighted by Gasteiger charge is 2.17. The lowest BCUT2D eigenvalue weighted by Crippen LogP contribution is -2.20. The molecular weight excluding hydrogens is 244 g/mol. The van der Waals surface area contributed by atoms with Crippen molar-refractivity contribution in [2.24, 2.45) is 11.8 Å². The van der Waals surface area contributed by atoms with Gasteiger partial charge in [0.2, 0.25) is 0 Å². The quantitative estimate of drug-likeness (QED) is 0.634. The average molecular weight is 276 g/mol. The summed E-state index contributed by atoms with van der Waals surface area (Å²) in [5, 5.41) is 10.5. The molecule has 1 heteroatoms. The Kier molecular flexibility index (Phi) is 6.75. The molecule has 0 aromatic carbocycles. The predicted molar refractivity (Wildman–Crippen MR) is 88.7 cm³/mol. The van der Waals surface area contributed by atoms with Gasteiger partial charge < -0.3 is 5.11 Å². The number of allylic oxidation sites excluding steroid dienone is 4. The van der Waals surface area contributed by atoms with Crippen LogP contribution in [0.5, 0.6) is 0 Å². The molecular formula is C19H32O. The van der Waals surface area contributed by atoms with Crippen molar-refractivity contribution in [3.63, 3.8) is 0 Å². The molecule has 1 aliphatic rings. The first-order chi connectivity index (χ1) is 9.30. The second-order valence-electron chi connectivity index (χ2n) is 7.01. The topological polar surface area (TPSA) is 20.2 Å². The standard InChI is InChI=1S/C19H32O/c1-15(2)18-10-9-16(3)7-6-8-17(4)11-13-19(5,20)14-12-18/h7,11-12,14-15,18,20H,6,8-10,13H2,1-5H3/b14-12+,16-7-,17-11-/t18-,19+/m1/s1. The minimum absolute atomic E-state index is 0.552. The molecule has 20 heavy (non-hydrogen) atoms. The van der Waals surface area contributed by atoms with Crippen molar-refractivity contribution < 1.29 is 5.11 Å². The molecule has 1 nitrogen and oxygen atoms in total. The molecule has 0 heterocycles. The maximum absolute atomic E-state index is 10.5. The zero-order chi connectivity index (χ0) is 15.2. The summed E-state index contributed by atoms with van der Waals surface area (Å²) in [5.74, 6) is 1.17. The fraction of sp³-hybridized carbons (Fsp3) is 0.684. The molecule has 0 aromatic rings. The van der Waals surface area contributed by atoms with Crippen molar-refractivity contribution in [1.29, 1.82) is 0 Å². The second-order valence-corrected chi connectivity index (χ2v) is 7.01. The Bertz CT molecular complexity index is 383. The van der Waals surface area contributed by atoms with Gasteiger partial charge >= 0.3 is 0 Å². The summed E-state index contributed by atoms with van der Waals surface area (Å²) >= 11 is 0. The van der Waals surface area contributed by atoms with Crippen LogP contribution in [0, 0.1) is 11.8 Å². The largest absolute Gasteiger partial charge is 0.386 e. The van der Waals surface area contributed by atoms with E-state index in [0.717, 1.165) is 19.3 Å². The molecule has 0 aliphatic heterocycles. The number of aliphatic hydroxyl groups is 1. The molecule has 114 valence electrons. The minimum atomic E-state index is -0.717. The molecule has 1 N–H and O–H groups in total. The first kappa shape index (κ1) is 17.2. The smallest absolute Gasteiger partial charge is 0.0834 e. The molecule has 1 rings (SSSR count). The first-order valence-electron chi connectivity index (χ1n) is 8.03. The number of hydrogen-bond acceptors (Lipinski definition) is 1. The van der Waals surface area contributed by atoms with Gasteiger partial charge in [0.25, 0.3) is 0 Å². The number of hydrogen-bond donors (Lipinski definition) is 1. The summed E-state index contributed by atoms with van der Waals surface area (Å²) in [6.07, 6.45) is 14.1. The monoisotopic (exact) mass is 276 g/mol. The van der Waals surface area contributed by atoms with Gasteiger partial charge in [0, 0.05) is 0 Å². The Morgan fingerprint density at radius 2 is 1.80 bits per heavy atom. The van der Waals surface area contributed by atoms with Gasteiger partial charge in [-0.2, -0.15) is 0 Å². The van der Waals surface area contributed by atoms with Gasteiger partial charge in [0.1, 0.15) is 0 Å². The predicted octanol–water partition coefficient (Wildman–Crippen LogP) is 5.42. The van der Waals surface area contributed by atoms with E-state index < -0.39 is 5.60 Å². The van der Waals surface area contributed by atoms with E-state index in [0.29, 0.717) is 18.3 Å². The van der Waals surface area contributed by atoms with Crippen LogP contribution in [0.25, 0.3) is 0 Å². The molecule has 0 saturated heterocycles. The third-order valence-corrected chi connectivity index (χ3v) is 4.33. The van der Waals surface area contributed by atoms with Crippen LogP contribution in [0.4, 0.5) is 0 Å². The first-order valence-corrected chi connectivity index (χ1v) is 8.03. The Hall–Kier alpha value is -0.820. The van der Waals surface area contributed by atoms with E-state index in [1.54, 1.807) is 0 Å². The van der Waals surface area contributed by atoms with Crippen LogP contribution in [0.1, 0.15) is 66.7 Å². The van der Waals surface area contributed by atoms with Gasteiger partial charge in [0.15, 0.2) is 0 Å². The molecule has 0 radical (unpaired) electrons. The van der Waals surface area contributed by atoms with Crippen molar-refractivity contribution in [3.8, 4) is 0 Å². The second kappa shape index (κ2) is 7.83. The zero-order valence-corrected chi connectivity index (χ0v) is 13.9. The molecule has 0 saturated carbocycles. The van der Waals surface area contributed by atoms with Gasteiger partial charge in [-0.15, -0.1) is 0 Å². The molecule has 0 fully saturated rings. The van der Waals surface area contributed by atoms with E-state index in [1.165, 1.54) is 17.6 Å². The van der Waals surface area contributed by atoms with E-state index in [4.69, 9.17) is 0 Å². The third-order valence-electron chi connectivity index (χ3n) is 4.33. The Morgan fingerprint density at radius 1 is 1.15 bits per heavy atom. The highest BCUT2D eigenvalue weighted by molar-refractivity contribution is 5.10. The van der Waals surface area contributed by atoms with E-state index in [-0.39, 0.29) is 0 Å². The van der Waals surface area contributed by atoms with E-state index in [9.17, 15) is 5.11 Å². The molecule has 2 atom stereocenters. The SMILES string of the molecule is C/C1=C/C[C@](C)(O)/C=C/[C@H](C(C)C)CC/C(C)=C\CC1. The van der Waals surface area contributed by atoms with Gasteiger partial charge in [-0.3, -0.25) is 0 Å². The van der Waals surface area contributed by atoms with Crippen molar-refractivity contribution >= 4 is 0 Å². The van der Waals surface area contributed by atoms with Gasteiger partial charge in [-0.1, -0.05) is 49.3 Å². The van der Waals surface area contributed by atoms with E-state index in [1.807, 2.05) is 13.0 Å². The summed E-state index contributed by atoms with van der Waals surface area (Å²) in [7, 11) is 0. The Morgan fingerprint density at radius 3 is 2.45 bits per heavy atom. The van der Waals surface area contributed by atoms with Gasteiger partial charge in [0.05, 0.1) is 5.60 Å². The molecule has 0 aromatic heterocycles. The molecule has 1 aliphatic carbocycles. The fourth-order valence-electron chi connectivity index (χ4n) is 2.58. The van der Waals surface area contributed by atoms with E-state index in [2.05, 4.69) is 45.9 Å². The van der Waals surface area contributed by atoms with Crippen LogP contribution in [-0.4, -0.2) is 10.7 Å². The number of rotatable bonds is 1. The summed E-state index contributed by atoms with van der Waals surface area (Å²) in [4.78, 5) is 0. The summed E-state index contributed by atoms with van der Waals surface area (Å²) in [5.41, 5.74) is 2.16. The normalized spacial score (nSPS) is 36.9. The molecule has 0 unspecified atom stereocenters. The lowest BCUT2D eigenvalue weighted by Gasteiger charge is -2.21. The van der Waals surface area contributed by atoms with Crippen molar-refractivity contribution in [2.75, 3.05) is 0 Å². The molecule has 0 amide bonds. The summed E-state index contributed by atoms with van der Waals surface area (Å²) < 4.78 is 0. The zero-order valence-electron chi connectivity index (χ0n) is 13.9. The third kappa shape index (κ3) is 6.56. The van der Waals surface area contributed by atoms with Crippen molar-refractivity contribution in [1.82, 2.24) is 0 Å². The summed E-state index contributed by atoms with van der Waals surface area (Å²) in [6, 6.07) is 0. The fourth-order valence-corrected chi connectivity index (χ4v) is 2.58. The van der Waals surface area contributed by atoms with Crippen LogP contribution >= 0.6 is 0 Å². The lowest BCUT2D eigenvalue weighted by atomic mass is 9.87. The van der Waals surface area contributed by atoms with Crippen LogP contribution in [0.3, 0.4) is 0 Å². The highest BCUT2D eigenvalue weighted by Crippen LogP contribution is 2.25. The Balaban J connectivity index is 2.91. The van der Waals surface area contributed by atoms with Crippen molar-refractivity contribution in [2.45, 2.75) is 72.3 Å².